The lowest BCUT2D eigenvalue weighted by atomic mass is 9.85. The van der Waals surface area contributed by atoms with E-state index in [9.17, 15) is 19.5 Å². The third-order valence-electron chi connectivity index (χ3n) is 5.14. The molecule has 0 aromatic heterocycles. The lowest BCUT2D eigenvalue weighted by Crippen LogP contribution is -2.34. The monoisotopic (exact) mass is 420 g/mol. The number of fused-ring (bicyclic) bond motifs is 1. The van der Waals surface area contributed by atoms with Crippen LogP contribution in [0.25, 0.3) is 0 Å². The molecule has 0 radical (unpaired) electrons. The average Bonchev–Trinajstić information content (AvgIpc) is 2.94. The van der Waals surface area contributed by atoms with E-state index in [-0.39, 0.29) is 11.1 Å². The van der Waals surface area contributed by atoms with E-state index in [0.29, 0.717) is 18.4 Å². The minimum Gasteiger partial charge on any atom is -0.458 e. The maximum absolute atomic E-state index is 12.5. The largest absolute Gasteiger partial charge is 0.458 e. The van der Waals surface area contributed by atoms with E-state index in [2.05, 4.69) is 6.58 Å². The molecule has 0 amide bonds. The summed E-state index contributed by atoms with van der Waals surface area (Å²) in [7, 11) is 0. The Morgan fingerprint density at radius 1 is 1.30 bits per heavy atom. The molecule has 1 unspecified atom stereocenters. The molecule has 0 bridgehead atoms. The van der Waals surface area contributed by atoms with Crippen molar-refractivity contribution >= 4 is 17.9 Å². The molecule has 0 aromatic rings. The van der Waals surface area contributed by atoms with Gasteiger partial charge in [-0.1, -0.05) is 18.2 Å². The van der Waals surface area contributed by atoms with E-state index < -0.39 is 55.4 Å². The lowest BCUT2D eigenvalue weighted by Gasteiger charge is -2.28. The summed E-state index contributed by atoms with van der Waals surface area (Å²) in [4.78, 5) is 36.2. The summed E-state index contributed by atoms with van der Waals surface area (Å²) >= 11 is 0. The zero-order chi connectivity index (χ0) is 22.4. The first kappa shape index (κ1) is 23.6. The first-order chi connectivity index (χ1) is 14.2. The molecule has 1 heterocycles. The number of ether oxygens (including phenoxy) is 3. The Hall–Kier alpha value is -2.71. The normalized spacial score (nSPS) is 30.9. The molecule has 1 aliphatic carbocycles. The van der Waals surface area contributed by atoms with Crippen LogP contribution >= 0.6 is 0 Å². The van der Waals surface area contributed by atoms with Crippen molar-refractivity contribution in [1.82, 2.24) is 0 Å². The van der Waals surface area contributed by atoms with Gasteiger partial charge in [0.15, 0.2) is 0 Å². The van der Waals surface area contributed by atoms with Crippen molar-refractivity contribution in [3.63, 3.8) is 0 Å². The molecule has 2 N–H and O–H groups in total. The Balaban J connectivity index is 2.42. The number of aliphatic hydroxyl groups excluding tert-OH is 2. The number of hydrogen-bond donors (Lipinski definition) is 2. The van der Waals surface area contributed by atoms with Crippen molar-refractivity contribution in [2.75, 3.05) is 13.2 Å². The van der Waals surface area contributed by atoms with E-state index >= 15 is 0 Å². The predicted octanol–water partition coefficient (Wildman–Crippen LogP) is 1.53. The summed E-state index contributed by atoms with van der Waals surface area (Å²) in [5.41, 5.74) is 1.67. The number of aliphatic hydroxyl groups is 2. The van der Waals surface area contributed by atoms with E-state index in [1.165, 1.54) is 13.0 Å². The molecular weight excluding hydrogens is 392 g/mol. The van der Waals surface area contributed by atoms with Crippen molar-refractivity contribution in [3.8, 4) is 0 Å². The van der Waals surface area contributed by atoms with Gasteiger partial charge >= 0.3 is 17.9 Å². The molecule has 0 saturated carbocycles. The third-order valence-corrected chi connectivity index (χ3v) is 5.14. The van der Waals surface area contributed by atoms with Crippen molar-refractivity contribution in [3.05, 3.63) is 47.1 Å². The van der Waals surface area contributed by atoms with Crippen LogP contribution in [0.1, 0.15) is 33.6 Å². The van der Waals surface area contributed by atoms with Gasteiger partial charge in [0.1, 0.15) is 18.3 Å². The molecule has 164 valence electrons. The van der Waals surface area contributed by atoms with Crippen molar-refractivity contribution in [2.24, 2.45) is 5.92 Å². The third kappa shape index (κ3) is 5.67. The summed E-state index contributed by atoms with van der Waals surface area (Å²) in [5, 5.41) is 18.4. The topological polar surface area (TPSA) is 119 Å². The Labute approximate surface area is 175 Å². The molecule has 1 saturated heterocycles. The summed E-state index contributed by atoms with van der Waals surface area (Å²) in [6.07, 6.45) is 3.45. The van der Waals surface area contributed by atoms with E-state index in [1.54, 1.807) is 13.0 Å². The van der Waals surface area contributed by atoms with Crippen LogP contribution in [0.2, 0.25) is 0 Å². The van der Waals surface area contributed by atoms with Gasteiger partial charge in [0.2, 0.25) is 0 Å². The second-order valence-electron chi connectivity index (χ2n) is 7.43. The maximum atomic E-state index is 12.5. The summed E-state index contributed by atoms with van der Waals surface area (Å²) in [5.74, 6) is -2.44. The van der Waals surface area contributed by atoms with Crippen LogP contribution in [-0.4, -0.2) is 59.6 Å². The molecule has 30 heavy (non-hydrogen) atoms. The Morgan fingerprint density at radius 3 is 2.60 bits per heavy atom. The highest BCUT2D eigenvalue weighted by Gasteiger charge is 2.45. The zero-order valence-corrected chi connectivity index (χ0v) is 17.4. The number of rotatable bonds is 5. The Kier molecular flexibility index (Phi) is 8.14. The van der Waals surface area contributed by atoms with Crippen LogP contribution in [0.5, 0.6) is 0 Å². The van der Waals surface area contributed by atoms with Crippen LogP contribution < -0.4 is 0 Å². The molecule has 8 nitrogen and oxygen atoms in total. The average molecular weight is 420 g/mol. The Bertz CT molecular complexity index is 804. The molecule has 8 heteroatoms. The highest BCUT2D eigenvalue weighted by atomic mass is 16.6. The zero-order valence-electron chi connectivity index (χ0n) is 17.4. The quantitative estimate of drug-likeness (QED) is 0.297. The predicted molar refractivity (Wildman–Crippen MR) is 107 cm³/mol. The number of carbonyl (C=O) groups is 3. The van der Waals surface area contributed by atoms with Crippen LogP contribution in [0, 0.1) is 5.92 Å². The van der Waals surface area contributed by atoms with Crippen LogP contribution in [-0.2, 0) is 28.6 Å². The van der Waals surface area contributed by atoms with Gasteiger partial charge in [-0.25, -0.2) is 9.59 Å². The smallest absolute Gasteiger partial charge is 0.336 e. The van der Waals surface area contributed by atoms with Gasteiger partial charge in [-0.2, -0.15) is 0 Å². The van der Waals surface area contributed by atoms with Crippen LogP contribution in [0.15, 0.2) is 47.1 Å². The molecule has 0 spiro atoms. The molecular formula is C22H28O8. The summed E-state index contributed by atoms with van der Waals surface area (Å²) in [6, 6.07) is 0. The number of esters is 3. The van der Waals surface area contributed by atoms with Gasteiger partial charge in [0, 0.05) is 25.3 Å². The molecule has 1 fully saturated rings. The Morgan fingerprint density at radius 2 is 2.00 bits per heavy atom. The van der Waals surface area contributed by atoms with Gasteiger partial charge in [-0.15, -0.1) is 0 Å². The molecule has 2 rings (SSSR count). The highest BCUT2D eigenvalue weighted by Crippen LogP contribution is 2.36. The summed E-state index contributed by atoms with van der Waals surface area (Å²) < 4.78 is 16.5. The fraction of sp³-hybridized carbons (Fsp3) is 0.500. The van der Waals surface area contributed by atoms with E-state index in [0.717, 1.165) is 5.57 Å². The second-order valence-corrected chi connectivity index (χ2v) is 7.43. The van der Waals surface area contributed by atoms with Gasteiger partial charge in [-0.3, -0.25) is 4.79 Å². The minimum atomic E-state index is -0.786. The molecule has 2 aliphatic rings. The molecule has 0 aromatic carbocycles. The molecule has 4 atom stereocenters. The maximum Gasteiger partial charge on any atom is 0.336 e. The first-order valence-corrected chi connectivity index (χ1v) is 9.70. The fourth-order valence-corrected chi connectivity index (χ4v) is 3.56. The van der Waals surface area contributed by atoms with Gasteiger partial charge in [0.25, 0.3) is 0 Å². The summed E-state index contributed by atoms with van der Waals surface area (Å²) in [6.45, 7) is 7.76. The minimum absolute atomic E-state index is 0.0784. The van der Waals surface area contributed by atoms with E-state index in [1.807, 2.05) is 13.0 Å². The lowest BCUT2D eigenvalue weighted by molar-refractivity contribution is -0.148. The van der Waals surface area contributed by atoms with Crippen molar-refractivity contribution in [2.45, 2.75) is 51.9 Å². The number of carbonyl (C=O) groups excluding carboxylic acids is 3. The SMILES string of the molecule is C=C1C(=O)O[C@@H]2/C=C(/C)[C@H](OC(C)=O)C/C=C(\C)C[C@@H](OC(=O)/C(=C/CO)CO)C12. The second kappa shape index (κ2) is 10.4. The fourth-order valence-electron chi connectivity index (χ4n) is 3.56. The highest BCUT2D eigenvalue weighted by molar-refractivity contribution is 5.92. The van der Waals surface area contributed by atoms with Crippen LogP contribution in [0.4, 0.5) is 0 Å². The van der Waals surface area contributed by atoms with Gasteiger partial charge < -0.3 is 24.4 Å². The number of hydrogen-bond acceptors (Lipinski definition) is 8. The van der Waals surface area contributed by atoms with Gasteiger partial charge in [0.05, 0.1) is 24.7 Å². The van der Waals surface area contributed by atoms with Crippen LogP contribution in [0.3, 0.4) is 0 Å². The molecule has 1 aliphatic heterocycles. The first-order valence-electron chi connectivity index (χ1n) is 9.70. The standard InChI is InChI=1S/C22H28O8/c1-12-5-6-17(28-15(4)25)13(2)10-19-20(14(3)21(26)29-19)18(9-12)30-22(27)16(11-24)7-8-23/h5,7,10,17-20,23-24H,3,6,8-9,11H2,1-2,4H3/b12-5+,13-10-,16-7+/t17-,18-,19-,20?/m1/s1. The van der Waals surface area contributed by atoms with Crippen molar-refractivity contribution < 1.29 is 38.8 Å². The van der Waals surface area contributed by atoms with Gasteiger partial charge in [-0.05, 0) is 31.6 Å². The van der Waals surface area contributed by atoms with E-state index in [4.69, 9.17) is 19.3 Å². The van der Waals surface area contributed by atoms with Crippen molar-refractivity contribution in [1.29, 1.82) is 0 Å².